The summed E-state index contributed by atoms with van der Waals surface area (Å²) in [6.07, 6.45) is 9.94. The van der Waals surface area contributed by atoms with Crippen molar-refractivity contribution in [3.8, 4) is 0 Å². The fraction of sp³-hybridized carbons (Fsp3) is 0.698. The van der Waals surface area contributed by atoms with E-state index in [1.165, 1.54) is 19.1 Å². The number of unbranched alkanes of at least 4 members (excludes halogenated alkanes) is 1. The van der Waals surface area contributed by atoms with Gasteiger partial charge in [0.15, 0.2) is 12.1 Å². The first kappa shape index (κ1) is 65.6. The van der Waals surface area contributed by atoms with Crippen molar-refractivity contribution in [2.24, 2.45) is 17.8 Å². The van der Waals surface area contributed by atoms with Crippen LogP contribution >= 0.6 is 0 Å². The Morgan fingerprint density at radius 2 is 1.44 bits per heavy atom. The molecule has 0 spiro atoms. The average Bonchev–Trinajstić information content (AvgIpc) is 3.26. The fourth-order valence-corrected chi connectivity index (χ4v) is 8.38. The van der Waals surface area contributed by atoms with E-state index in [0.717, 1.165) is 19.3 Å². The normalized spacial score (nSPS) is 29.6. The highest BCUT2D eigenvalue weighted by molar-refractivity contribution is 5.71. The number of hydrogen-bond acceptors (Lipinski definition) is 17. The van der Waals surface area contributed by atoms with Gasteiger partial charge in [-0.2, -0.15) is 0 Å². The third kappa shape index (κ3) is 24.4. The summed E-state index contributed by atoms with van der Waals surface area (Å²) in [5.41, 5.74) is 0. The van der Waals surface area contributed by atoms with Crippen LogP contribution in [0.1, 0.15) is 106 Å². The van der Waals surface area contributed by atoms with Gasteiger partial charge in [0.2, 0.25) is 0 Å². The molecule has 2 unspecified atom stereocenters. The van der Waals surface area contributed by atoms with Crippen molar-refractivity contribution in [2.75, 3.05) is 14.1 Å². The Hall–Kier alpha value is -3.44. The fourth-order valence-electron chi connectivity index (χ4n) is 8.38. The second-order valence-electron chi connectivity index (χ2n) is 19.2. The molecule has 2 aliphatic heterocycles. The molecule has 0 aliphatic carbocycles. The summed E-state index contributed by atoms with van der Waals surface area (Å²) in [4.78, 5) is 25.8. The SMILES string of the molecule is C=C/C=C/C=C/CC/C=C/C=C/[C@H](C)[C@@H](O)[C@@H](C)[C@H](C)OC(=O)C[C@H](O)C[C@H](O)C[C@H](O)CCC.C=C/C=C/[C@@H](C[C@@H]1O[C@](O)(C[C@@H](O)[C@@H](C)O)C[C@H](O)C1C(=O)O)OC1O[C@H](C)[C@@H](O)[C@H](N(C)C)[C@@H]1O. The van der Waals surface area contributed by atoms with Crippen LogP contribution in [0.3, 0.4) is 0 Å². The smallest absolute Gasteiger partial charge is 0.311 e. The van der Waals surface area contributed by atoms with Crippen LogP contribution in [-0.2, 0) is 28.5 Å². The monoisotopic (exact) mass is 1010 g/mol. The van der Waals surface area contributed by atoms with Crippen molar-refractivity contribution >= 4 is 11.9 Å². The minimum atomic E-state index is -2.10. The second-order valence-corrected chi connectivity index (χ2v) is 19.2. The number of rotatable bonds is 30. The maximum absolute atomic E-state index is 12.2. The topological polar surface area (TPSA) is 297 Å². The molecule has 0 amide bonds. The molecule has 2 rings (SSSR count). The summed E-state index contributed by atoms with van der Waals surface area (Å²) >= 11 is 0. The summed E-state index contributed by atoms with van der Waals surface area (Å²) in [7, 11) is 3.39. The van der Waals surface area contributed by atoms with E-state index in [0.29, 0.717) is 6.42 Å². The van der Waals surface area contributed by atoms with Crippen molar-refractivity contribution in [3.05, 3.63) is 86.1 Å². The maximum atomic E-state index is 12.2. The van der Waals surface area contributed by atoms with Crippen LogP contribution in [0.2, 0.25) is 0 Å². The number of aliphatic hydroxyl groups excluding tert-OH is 9. The molecule has 18 heteroatoms. The van der Waals surface area contributed by atoms with Crippen molar-refractivity contribution in [2.45, 2.75) is 203 Å². The Morgan fingerprint density at radius 1 is 0.831 bits per heavy atom. The molecule has 0 saturated carbocycles. The minimum Gasteiger partial charge on any atom is -0.481 e. The zero-order chi connectivity index (χ0) is 54.0. The number of carbonyl (C=O) groups excluding carboxylic acids is 1. The number of carboxylic acid groups (broad SMARTS) is 1. The van der Waals surface area contributed by atoms with E-state index in [2.05, 4.69) is 25.3 Å². The van der Waals surface area contributed by atoms with Crippen molar-refractivity contribution in [1.29, 1.82) is 0 Å². The molecule has 71 heavy (non-hydrogen) atoms. The first-order chi connectivity index (χ1) is 33.3. The molecule has 2 aliphatic rings. The standard InChI is InChI=1S/C29H48O6.C24H41NO11/c1-6-8-9-10-11-12-13-14-15-16-18-22(3)29(34)23(4)24(5)35-28(33)21-27(32)20-26(31)19-25(30)17-7-2;1-6-7-8-14(35-23-21(30)19(25(4)5)20(29)13(3)34-23)9-17-18(22(31)32)16(28)11-24(33,36-17)10-15(27)12(2)26/h6,8-11,14-16,18,22-27,29-32,34H,1,7,12-13,17,19-21H2,2-5H3;6-8,12-21,23,26-30,33H,1,9-11H2,2-5H3,(H,31,32)/b9-8+,11-10+,15-14+,18-16+;8-7+/t22-,23-,24-,25+,26+,27+,29+;12-,13-,14+,15-,16+,17+,18?,19+,20-,21+,23?,24-/m01/s1. The van der Waals surface area contributed by atoms with Crippen LogP contribution in [0.5, 0.6) is 0 Å². The summed E-state index contributed by atoms with van der Waals surface area (Å²) in [6.45, 7) is 17.6. The van der Waals surface area contributed by atoms with E-state index >= 15 is 0 Å². The number of hydrogen-bond donors (Lipinski definition) is 11. The number of ether oxygens (including phenoxy) is 4. The highest BCUT2D eigenvalue weighted by Gasteiger charge is 2.51. The Morgan fingerprint density at radius 3 is 2.00 bits per heavy atom. The molecule has 19 atom stereocenters. The summed E-state index contributed by atoms with van der Waals surface area (Å²) < 4.78 is 22.8. The second kappa shape index (κ2) is 34.1. The van der Waals surface area contributed by atoms with Gasteiger partial charge in [-0.1, -0.05) is 113 Å². The number of carboxylic acids is 1. The first-order valence-electron chi connectivity index (χ1n) is 24.8. The largest absolute Gasteiger partial charge is 0.481 e. The summed E-state index contributed by atoms with van der Waals surface area (Å²) in [6, 6.07) is -0.700. The molecule has 0 bridgehead atoms. The first-order valence-corrected chi connectivity index (χ1v) is 24.8. The van der Waals surface area contributed by atoms with E-state index in [1.54, 1.807) is 45.0 Å². The molecule has 2 heterocycles. The third-order valence-corrected chi connectivity index (χ3v) is 12.6. The van der Waals surface area contributed by atoms with Gasteiger partial charge in [0.25, 0.3) is 0 Å². The molecule has 0 aromatic heterocycles. The number of nitrogens with zero attached hydrogens (tertiary/aromatic N) is 1. The highest BCUT2D eigenvalue weighted by atomic mass is 16.7. The van der Waals surface area contributed by atoms with E-state index < -0.39 is 128 Å². The molecule has 0 radical (unpaired) electrons. The van der Waals surface area contributed by atoms with Gasteiger partial charge in [0.1, 0.15) is 18.1 Å². The molecule has 0 aromatic rings. The van der Waals surface area contributed by atoms with Gasteiger partial charge in [-0.15, -0.1) is 0 Å². The Bertz CT molecular complexity index is 1690. The average molecular weight is 1010 g/mol. The number of carbonyl (C=O) groups is 2. The van der Waals surface area contributed by atoms with Gasteiger partial charge in [-0.05, 0) is 67.0 Å². The Labute approximate surface area is 421 Å². The molecular weight excluding hydrogens is 923 g/mol. The van der Waals surface area contributed by atoms with Gasteiger partial charge >= 0.3 is 11.9 Å². The van der Waals surface area contributed by atoms with Crippen molar-refractivity contribution in [1.82, 2.24) is 4.90 Å². The molecule has 11 N–H and O–H groups in total. The van der Waals surface area contributed by atoms with Crippen molar-refractivity contribution < 1.29 is 84.7 Å². The lowest BCUT2D eigenvalue weighted by Crippen LogP contribution is -2.62. The van der Waals surface area contributed by atoms with E-state index in [9.17, 15) is 65.8 Å². The predicted octanol–water partition coefficient (Wildman–Crippen LogP) is 3.37. The van der Waals surface area contributed by atoms with Gasteiger partial charge in [0, 0.05) is 31.1 Å². The van der Waals surface area contributed by atoms with Gasteiger partial charge < -0.3 is 80.0 Å². The number of aliphatic hydroxyl groups is 10. The van der Waals surface area contributed by atoms with Gasteiger partial charge in [0.05, 0.1) is 79.6 Å². The van der Waals surface area contributed by atoms with Crippen LogP contribution < -0.4 is 0 Å². The highest BCUT2D eigenvalue weighted by Crippen LogP contribution is 2.38. The number of aliphatic carboxylic acids is 1. The van der Waals surface area contributed by atoms with E-state index in [4.69, 9.17) is 18.9 Å². The number of esters is 1. The molecule has 18 nitrogen and oxygen atoms in total. The molecular formula is C53H89NO17. The van der Waals surface area contributed by atoms with Crippen LogP contribution in [0, 0.1) is 17.8 Å². The lowest BCUT2D eigenvalue weighted by Gasteiger charge is -2.46. The summed E-state index contributed by atoms with van der Waals surface area (Å²) in [5, 5.41) is 113. The van der Waals surface area contributed by atoms with Crippen molar-refractivity contribution in [3.63, 3.8) is 0 Å². The van der Waals surface area contributed by atoms with Crippen LogP contribution in [-0.4, -0.2) is 185 Å². The third-order valence-electron chi connectivity index (χ3n) is 12.6. The quantitative estimate of drug-likeness (QED) is 0.0279. The minimum absolute atomic E-state index is 0.000424. The van der Waals surface area contributed by atoms with E-state index in [-0.39, 0.29) is 37.5 Å². The summed E-state index contributed by atoms with van der Waals surface area (Å²) in [5.74, 6) is -5.89. The van der Waals surface area contributed by atoms with Crippen LogP contribution in [0.4, 0.5) is 0 Å². The van der Waals surface area contributed by atoms with Gasteiger partial charge in [-0.25, -0.2) is 0 Å². The lowest BCUT2D eigenvalue weighted by atomic mass is 9.83. The molecule has 0 aromatic carbocycles. The molecule has 2 saturated heterocycles. The van der Waals surface area contributed by atoms with E-state index in [1.807, 2.05) is 57.2 Å². The Balaban J connectivity index is 0.000000711. The molecule has 2 fully saturated rings. The predicted molar refractivity (Wildman–Crippen MR) is 269 cm³/mol. The zero-order valence-electron chi connectivity index (χ0n) is 43.1. The maximum Gasteiger partial charge on any atom is 0.311 e. The molecule has 408 valence electrons. The van der Waals surface area contributed by atoms with Gasteiger partial charge in [-0.3, -0.25) is 9.59 Å². The number of allylic oxidation sites excluding steroid dienone is 10. The Kier molecular flexibility index (Phi) is 31.5. The number of likely N-dealkylation sites (N-methyl/N-ethyl adjacent to an activating group) is 1. The zero-order valence-corrected chi connectivity index (χ0v) is 43.1. The lowest BCUT2D eigenvalue weighted by molar-refractivity contribution is -0.312. The van der Waals surface area contributed by atoms with Crippen LogP contribution in [0.25, 0.3) is 0 Å². The van der Waals surface area contributed by atoms with Crippen LogP contribution in [0.15, 0.2) is 86.1 Å².